The monoisotopic (exact) mass is 180 g/mol. The van der Waals surface area contributed by atoms with Crippen LogP contribution in [0.15, 0.2) is 11.6 Å². The topological polar surface area (TPSA) is 20.2 Å². The molecule has 0 spiro atoms. The van der Waals surface area contributed by atoms with Gasteiger partial charge in [0.1, 0.15) is 0 Å². The summed E-state index contributed by atoms with van der Waals surface area (Å²) in [6.07, 6.45) is 12.4. The second-order valence-corrected chi connectivity index (χ2v) is 4.48. The largest absolute Gasteiger partial charge is 0.393 e. The van der Waals surface area contributed by atoms with Gasteiger partial charge in [0.2, 0.25) is 0 Å². The van der Waals surface area contributed by atoms with E-state index >= 15 is 0 Å². The Morgan fingerprint density at radius 2 is 1.92 bits per heavy atom. The normalized spacial score (nSPS) is 35.6. The molecule has 74 valence electrons. The maximum Gasteiger partial charge on any atom is 0.0605 e. The average molecular weight is 180 g/mol. The summed E-state index contributed by atoms with van der Waals surface area (Å²) in [5.74, 6) is 0.522. The van der Waals surface area contributed by atoms with Crippen LogP contribution in [0, 0.1) is 5.92 Å². The van der Waals surface area contributed by atoms with E-state index in [1.165, 1.54) is 44.9 Å². The van der Waals surface area contributed by atoms with Crippen LogP contribution in [0.1, 0.15) is 51.4 Å². The second kappa shape index (κ2) is 4.28. The van der Waals surface area contributed by atoms with Crippen molar-refractivity contribution in [3.05, 3.63) is 11.6 Å². The van der Waals surface area contributed by atoms with Crippen molar-refractivity contribution in [3.8, 4) is 0 Å². The molecule has 1 heteroatoms. The van der Waals surface area contributed by atoms with Gasteiger partial charge in [-0.15, -0.1) is 0 Å². The maximum absolute atomic E-state index is 9.88. The molecule has 0 aromatic carbocycles. The SMILES string of the molecule is O[C@@H]1CCCC[C@H]1C1=CCCCC1. The summed E-state index contributed by atoms with van der Waals surface area (Å²) in [6.45, 7) is 0. The fraction of sp³-hybridized carbons (Fsp3) is 0.833. The van der Waals surface area contributed by atoms with E-state index in [0.717, 1.165) is 6.42 Å². The Morgan fingerprint density at radius 1 is 1.08 bits per heavy atom. The van der Waals surface area contributed by atoms with Crippen LogP contribution in [0.25, 0.3) is 0 Å². The Balaban J connectivity index is 2.00. The predicted molar refractivity (Wildman–Crippen MR) is 54.5 cm³/mol. The van der Waals surface area contributed by atoms with Crippen LogP contribution in [0.3, 0.4) is 0 Å². The molecule has 2 rings (SSSR count). The molecule has 0 aromatic heterocycles. The summed E-state index contributed by atoms with van der Waals surface area (Å²) in [6, 6.07) is 0. The van der Waals surface area contributed by atoms with E-state index < -0.39 is 0 Å². The third-order valence-electron chi connectivity index (χ3n) is 3.53. The Kier molecular flexibility index (Phi) is 3.05. The van der Waals surface area contributed by atoms with Gasteiger partial charge in [0.15, 0.2) is 0 Å². The van der Waals surface area contributed by atoms with Crippen molar-refractivity contribution in [1.29, 1.82) is 0 Å². The third-order valence-corrected chi connectivity index (χ3v) is 3.53. The Hall–Kier alpha value is -0.300. The first-order valence-corrected chi connectivity index (χ1v) is 5.75. The summed E-state index contributed by atoms with van der Waals surface area (Å²) < 4.78 is 0. The minimum atomic E-state index is -0.0295. The molecule has 1 N–H and O–H groups in total. The number of hydrogen-bond acceptors (Lipinski definition) is 1. The van der Waals surface area contributed by atoms with Crippen LogP contribution in [0.5, 0.6) is 0 Å². The second-order valence-electron chi connectivity index (χ2n) is 4.48. The van der Waals surface area contributed by atoms with Gasteiger partial charge in [0, 0.05) is 5.92 Å². The van der Waals surface area contributed by atoms with Gasteiger partial charge in [0.25, 0.3) is 0 Å². The molecule has 1 saturated carbocycles. The molecule has 0 radical (unpaired) electrons. The van der Waals surface area contributed by atoms with Crippen LogP contribution in [0.2, 0.25) is 0 Å². The Labute approximate surface area is 80.8 Å². The number of allylic oxidation sites excluding steroid dienone is 1. The van der Waals surface area contributed by atoms with Crippen molar-refractivity contribution in [3.63, 3.8) is 0 Å². The Bertz CT molecular complexity index is 195. The van der Waals surface area contributed by atoms with E-state index in [-0.39, 0.29) is 6.10 Å². The van der Waals surface area contributed by atoms with Gasteiger partial charge in [-0.1, -0.05) is 24.5 Å². The molecular formula is C12H20O. The van der Waals surface area contributed by atoms with Gasteiger partial charge in [-0.05, 0) is 38.5 Å². The Morgan fingerprint density at radius 3 is 2.62 bits per heavy atom. The number of aliphatic hydroxyl groups excluding tert-OH is 1. The van der Waals surface area contributed by atoms with E-state index in [4.69, 9.17) is 0 Å². The van der Waals surface area contributed by atoms with Crippen LogP contribution in [0.4, 0.5) is 0 Å². The van der Waals surface area contributed by atoms with Crippen molar-refractivity contribution in [2.45, 2.75) is 57.5 Å². The van der Waals surface area contributed by atoms with E-state index in [1.807, 2.05) is 0 Å². The smallest absolute Gasteiger partial charge is 0.0605 e. The van der Waals surface area contributed by atoms with Gasteiger partial charge >= 0.3 is 0 Å². The molecule has 1 fully saturated rings. The predicted octanol–water partition coefficient (Wildman–Crippen LogP) is 3.04. The van der Waals surface area contributed by atoms with Gasteiger partial charge < -0.3 is 5.11 Å². The summed E-state index contributed by atoms with van der Waals surface area (Å²) in [4.78, 5) is 0. The van der Waals surface area contributed by atoms with Crippen molar-refractivity contribution in [1.82, 2.24) is 0 Å². The van der Waals surface area contributed by atoms with Crippen molar-refractivity contribution in [2.75, 3.05) is 0 Å². The van der Waals surface area contributed by atoms with Crippen molar-refractivity contribution in [2.24, 2.45) is 5.92 Å². The van der Waals surface area contributed by atoms with Crippen molar-refractivity contribution >= 4 is 0 Å². The van der Waals surface area contributed by atoms with Gasteiger partial charge in [-0.3, -0.25) is 0 Å². The van der Waals surface area contributed by atoms with Gasteiger partial charge in [-0.2, -0.15) is 0 Å². The van der Waals surface area contributed by atoms with E-state index in [9.17, 15) is 5.11 Å². The number of rotatable bonds is 1. The molecule has 0 unspecified atom stereocenters. The maximum atomic E-state index is 9.88. The third kappa shape index (κ3) is 2.14. The molecule has 0 bridgehead atoms. The highest BCUT2D eigenvalue weighted by atomic mass is 16.3. The summed E-state index contributed by atoms with van der Waals surface area (Å²) in [7, 11) is 0. The summed E-state index contributed by atoms with van der Waals surface area (Å²) >= 11 is 0. The summed E-state index contributed by atoms with van der Waals surface area (Å²) in [5, 5.41) is 9.88. The first-order chi connectivity index (χ1) is 6.38. The zero-order valence-electron chi connectivity index (χ0n) is 8.34. The lowest BCUT2D eigenvalue weighted by Crippen LogP contribution is -2.26. The van der Waals surface area contributed by atoms with Crippen LogP contribution >= 0.6 is 0 Å². The number of aliphatic hydroxyl groups is 1. The molecule has 0 aliphatic heterocycles. The minimum Gasteiger partial charge on any atom is -0.393 e. The quantitative estimate of drug-likeness (QED) is 0.615. The zero-order chi connectivity index (χ0) is 9.10. The highest BCUT2D eigenvalue weighted by molar-refractivity contribution is 5.11. The fourth-order valence-corrected chi connectivity index (χ4v) is 2.74. The number of hydrogen-bond donors (Lipinski definition) is 1. The van der Waals surface area contributed by atoms with E-state index in [0.29, 0.717) is 5.92 Å². The fourth-order valence-electron chi connectivity index (χ4n) is 2.74. The highest BCUT2D eigenvalue weighted by Gasteiger charge is 2.26. The highest BCUT2D eigenvalue weighted by Crippen LogP contribution is 2.34. The molecular weight excluding hydrogens is 160 g/mol. The molecule has 1 nitrogen and oxygen atoms in total. The van der Waals surface area contributed by atoms with Gasteiger partial charge in [0.05, 0.1) is 6.10 Å². The standard InChI is InChI=1S/C12H20O/c13-12-9-5-4-8-11(12)10-6-2-1-3-7-10/h6,11-13H,1-5,7-9H2/t11-,12+/m0/s1. The molecule has 0 amide bonds. The molecule has 0 saturated heterocycles. The lowest BCUT2D eigenvalue weighted by atomic mass is 9.78. The molecule has 13 heavy (non-hydrogen) atoms. The van der Waals surface area contributed by atoms with E-state index in [2.05, 4.69) is 6.08 Å². The lowest BCUT2D eigenvalue weighted by Gasteiger charge is -2.31. The van der Waals surface area contributed by atoms with Crippen molar-refractivity contribution < 1.29 is 5.11 Å². The van der Waals surface area contributed by atoms with Crippen LogP contribution in [-0.2, 0) is 0 Å². The zero-order valence-corrected chi connectivity index (χ0v) is 8.34. The minimum absolute atomic E-state index is 0.0295. The van der Waals surface area contributed by atoms with Crippen LogP contribution in [-0.4, -0.2) is 11.2 Å². The van der Waals surface area contributed by atoms with Crippen LogP contribution < -0.4 is 0 Å². The lowest BCUT2D eigenvalue weighted by molar-refractivity contribution is 0.0849. The first-order valence-electron chi connectivity index (χ1n) is 5.75. The first kappa shape index (κ1) is 9.26. The molecule has 0 aromatic rings. The molecule has 2 atom stereocenters. The summed E-state index contributed by atoms with van der Waals surface area (Å²) in [5.41, 5.74) is 1.57. The molecule has 0 heterocycles. The average Bonchev–Trinajstić information content (AvgIpc) is 2.20. The van der Waals surface area contributed by atoms with E-state index in [1.54, 1.807) is 5.57 Å². The molecule has 2 aliphatic carbocycles. The van der Waals surface area contributed by atoms with Gasteiger partial charge in [-0.25, -0.2) is 0 Å². The molecule has 2 aliphatic rings.